The van der Waals surface area contributed by atoms with Gasteiger partial charge in [-0.15, -0.1) is 0 Å². The van der Waals surface area contributed by atoms with Gasteiger partial charge in [-0.25, -0.2) is 4.79 Å². The summed E-state index contributed by atoms with van der Waals surface area (Å²) in [6, 6.07) is 0. The van der Waals surface area contributed by atoms with Crippen LogP contribution in [-0.2, 0) is 9.53 Å². The van der Waals surface area contributed by atoms with Crippen LogP contribution in [0.5, 0.6) is 0 Å². The molecule has 0 heterocycles. The fourth-order valence-corrected chi connectivity index (χ4v) is 5.48. The summed E-state index contributed by atoms with van der Waals surface area (Å²) in [7, 11) is 0. The van der Waals surface area contributed by atoms with Crippen LogP contribution in [0.1, 0.15) is 32.1 Å². The van der Waals surface area contributed by atoms with Crippen LogP contribution in [0.25, 0.3) is 0 Å². The second-order valence-electron chi connectivity index (χ2n) is 6.27. The van der Waals surface area contributed by atoms with Crippen molar-refractivity contribution in [2.45, 2.75) is 43.3 Å². The van der Waals surface area contributed by atoms with Crippen LogP contribution in [0.15, 0.2) is 12.7 Å². The van der Waals surface area contributed by atoms with E-state index in [1.807, 2.05) is 0 Å². The average Bonchev–Trinajstić information content (AvgIpc) is 2.61. The monoisotopic (exact) mass is 220 g/mol. The molecule has 0 radical (unpaired) electrons. The van der Waals surface area contributed by atoms with Crippen molar-refractivity contribution in [1.82, 2.24) is 0 Å². The maximum Gasteiger partial charge on any atom is 0.330 e. The molecule has 0 aromatic rings. The first-order valence-corrected chi connectivity index (χ1v) is 6.11. The molecule has 4 fully saturated rings. The van der Waals surface area contributed by atoms with Gasteiger partial charge in [-0.2, -0.15) is 0 Å². The summed E-state index contributed by atoms with van der Waals surface area (Å²) in [5.74, 6) is 0.969. The molecule has 0 amide bonds. The molecule has 4 aliphatic carbocycles. The Labute approximate surface area is 94.5 Å². The Kier molecular flexibility index (Phi) is 1.29. The molecular formula is C13H16O3. The van der Waals surface area contributed by atoms with E-state index >= 15 is 0 Å². The number of hydrogen-bond acceptors (Lipinski definition) is 3. The number of carbonyl (C=O) groups is 1. The second kappa shape index (κ2) is 2.23. The normalized spacial score (nSPS) is 59.6. The third-order valence-electron chi connectivity index (χ3n) is 5.81. The van der Waals surface area contributed by atoms with Crippen molar-refractivity contribution in [3.05, 3.63) is 12.7 Å². The number of ether oxygens (including phenoxy) is 1. The maximum absolute atomic E-state index is 11.4. The Hall–Kier alpha value is -0.830. The van der Waals surface area contributed by atoms with Crippen molar-refractivity contribution in [2.75, 3.05) is 0 Å². The minimum absolute atomic E-state index is 0.133. The van der Waals surface area contributed by atoms with Crippen molar-refractivity contribution >= 4 is 5.97 Å². The molecule has 0 aromatic carbocycles. The van der Waals surface area contributed by atoms with Gasteiger partial charge in [-0.1, -0.05) is 6.58 Å². The molecule has 3 heteroatoms. The molecule has 0 saturated heterocycles. The minimum Gasteiger partial charge on any atom is -0.456 e. The molecule has 86 valence electrons. The van der Waals surface area contributed by atoms with Crippen LogP contribution in [0.4, 0.5) is 0 Å². The first kappa shape index (κ1) is 9.23. The van der Waals surface area contributed by atoms with E-state index < -0.39 is 5.60 Å². The summed E-state index contributed by atoms with van der Waals surface area (Å²) in [6.45, 7) is 3.44. The van der Waals surface area contributed by atoms with Crippen LogP contribution in [0.2, 0.25) is 0 Å². The SMILES string of the molecule is C=CC(=O)OC12CC3CC4CC(O)(C1)C34C2. The summed E-state index contributed by atoms with van der Waals surface area (Å²) < 4.78 is 5.56. The number of carbonyl (C=O) groups excluding carboxylic acids is 1. The van der Waals surface area contributed by atoms with E-state index in [-0.39, 0.29) is 17.0 Å². The lowest BCUT2D eigenvalue weighted by Crippen LogP contribution is -2.71. The molecule has 1 spiro atoms. The average molecular weight is 220 g/mol. The van der Waals surface area contributed by atoms with E-state index in [2.05, 4.69) is 6.58 Å². The summed E-state index contributed by atoms with van der Waals surface area (Å²) in [4.78, 5) is 11.4. The lowest BCUT2D eigenvalue weighted by atomic mass is 9.36. The topological polar surface area (TPSA) is 46.5 Å². The van der Waals surface area contributed by atoms with Crippen molar-refractivity contribution in [1.29, 1.82) is 0 Å². The van der Waals surface area contributed by atoms with Gasteiger partial charge in [0.05, 0.1) is 5.60 Å². The molecule has 4 aliphatic rings. The first-order valence-electron chi connectivity index (χ1n) is 6.11. The van der Waals surface area contributed by atoms with Crippen molar-refractivity contribution in [3.8, 4) is 0 Å². The first-order chi connectivity index (χ1) is 7.54. The van der Waals surface area contributed by atoms with Crippen LogP contribution < -0.4 is 0 Å². The molecule has 4 saturated carbocycles. The van der Waals surface area contributed by atoms with Gasteiger partial charge >= 0.3 is 5.97 Å². The highest BCUT2D eigenvalue weighted by Gasteiger charge is 2.85. The highest BCUT2D eigenvalue weighted by atomic mass is 16.6. The molecule has 5 atom stereocenters. The molecule has 0 aliphatic heterocycles. The predicted molar refractivity (Wildman–Crippen MR) is 56.5 cm³/mol. The zero-order valence-corrected chi connectivity index (χ0v) is 9.24. The third-order valence-corrected chi connectivity index (χ3v) is 5.81. The number of rotatable bonds is 2. The Morgan fingerprint density at radius 2 is 2.12 bits per heavy atom. The van der Waals surface area contributed by atoms with E-state index in [0.29, 0.717) is 18.3 Å². The zero-order chi connectivity index (χ0) is 11.2. The van der Waals surface area contributed by atoms with Gasteiger partial charge in [0, 0.05) is 17.9 Å². The number of fused-ring (bicyclic) bond motifs is 1. The van der Waals surface area contributed by atoms with Gasteiger partial charge in [-0.05, 0) is 37.5 Å². The number of hydrogen-bond donors (Lipinski definition) is 1. The van der Waals surface area contributed by atoms with Gasteiger partial charge in [0.2, 0.25) is 0 Å². The highest BCUT2D eigenvalue weighted by molar-refractivity contribution is 5.81. The summed E-state index contributed by atoms with van der Waals surface area (Å²) >= 11 is 0. The van der Waals surface area contributed by atoms with Crippen molar-refractivity contribution < 1.29 is 14.6 Å². The quantitative estimate of drug-likeness (QED) is 0.565. The molecule has 2 bridgehead atoms. The Balaban J connectivity index is 1.69. The molecule has 5 unspecified atom stereocenters. The van der Waals surface area contributed by atoms with Crippen molar-refractivity contribution in [2.24, 2.45) is 17.3 Å². The van der Waals surface area contributed by atoms with Gasteiger partial charge < -0.3 is 9.84 Å². The zero-order valence-electron chi connectivity index (χ0n) is 9.24. The number of esters is 1. The van der Waals surface area contributed by atoms with E-state index in [4.69, 9.17) is 4.74 Å². The number of aliphatic hydroxyl groups is 1. The fourth-order valence-electron chi connectivity index (χ4n) is 5.48. The third kappa shape index (κ3) is 0.690. The van der Waals surface area contributed by atoms with Gasteiger partial charge in [0.1, 0.15) is 5.60 Å². The molecule has 4 rings (SSSR count). The molecule has 16 heavy (non-hydrogen) atoms. The van der Waals surface area contributed by atoms with E-state index in [0.717, 1.165) is 19.3 Å². The van der Waals surface area contributed by atoms with Crippen LogP contribution >= 0.6 is 0 Å². The van der Waals surface area contributed by atoms with Gasteiger partial charge in [0.25, 0.3) is 0 Å². The largest absolute Gasteiger partial charge is 0.456 e. The lowest BCUT2D eigenvalue weighted by Gasteiger charge is -2.70. The molecule has 1 N–H and O–H groups in total. The Morgan fingerprint density at radius 3 is 2.69 bits per heavy atom. The minimum atomic E-state index is -0.514. The molecule has 0 aromatic heterocycles. The van der Waals surface area contributed by atoms with E-state index in [1.54, 1.807) is 0 Å². The van der Waals surface area contributed by atoms with E-state index in [9.17, 15) is 9.90 Å². The molecule has 3 nitrogen and oxygen atoms in total. The van der Waals surface area contributed by atoms with Crippen LogP contribution in [-0.4, -0.2) is 22.3 Å². The van der Waals surface area contributed by atoms with Gasteiger partial charge in [0.15, 0.2) is 0 Å². The summed E-state index contributed by atoms with van der Waals surface area (Å²) in [5, 5.41) is 10.6. The highest BCUT2D eigenvalue weighted by Crippen LogP contribution is 2.84. The van der Waals surface area contributed by atoms with Gasteiger partial charge in [-0.3, -0.25) is 0 Å². The second-order valence-corrected chi connectivity index (χ2v) is 6.27. The van der Waals surface area contributed by atoms with E-state index in [1.165, 1.54) is 12.5 Å². The predicted octanol–water partition coefficient (Wildman–Crippen LogP) is 1.41. The van der Waals surface area contributed by atoms with Crippen LogP contribution in [0, 0.1) is 17.3 Å². The maximum atomic E-state index is 11.4. The Bertz CT molecular complexity index is 417. The van der Waals surface area contributed by atoms with Crippen LogP contribution in [0.3, 0.4) is 0 Å². The fraction of sp³-hybridized carbons (Fsp3) is 0.769. The van der Waals surface area contributed by atoms with Crippen molar-refractivity contribution in [3.63, 3.8) is 0 Å². The standard InChI is InChI=1S/C13H16O3/c1-2-10(14)16-11-4-8-3-9-5-12(15,6-11)13(8,9)7-11/h2,8-9,15H,1,3-7H2. The smallest absolute Gasteiger partial charge is 0.330 e. The molecular weight excluding hydrogens is 204 g/mol. The summed E-state index contributed by atoms with van der Waals surface area (Å²) in [6.07, 6.45) is 5.91. The lowest BCUT2D eigenvalue weighted by molar-refractivity contribution is -0.288. The summed E-state index contributed by atoms with van der Waals surface area (Å²) in [5.41, 5.74) is -0.745. The Morgan fingerprint density at radius 1 is 1.38 bits per heavy atom.